The molecule has 1 aromatic heterocycles. The number of rotatable bonds is 3. The Morgan fingerprint density at radius 2 is 0.863 bits per heavy atom. The highest BCUT2D eigenvalue weighted by atomic mass is 15.0. The van der Waals surface area contributed by atoms with E-state index < -0.39 is 0 Å². The number of aromatic nitrogens is 1. The molecule has 0 saturated heterocycles. The molecule has 0 unspecified atom stereocenters. The van der Waals surface area contributed by atoms with Gasteiger partial charge in [0.05, 0.1) is 22.7 Å². The molecule has 0 aliphatic carbocycles. The molecule has 0 radical (unpaired) electrons. The summed E-state index contributed by atoms with van der Waals surface area (Å²) in [5, 5.41) is 24.7. The number of hydrogen-bond donors (Lipinski definition) is 0. The number of benzene rings is 10. The second-order valence-corrected chi connectivity index (χ2v) is 13.5. The Hall–Kier alpha value is -6.95. The van der Waals surface area contributed by atoms with Crippen LogP contribution in [0.15, 0.2) is 170 Å². The van der Waals surface area contributed by atoms with Crippen molar-refractivity contribution in [3.8, 4) is 34.0 Å². The highest BCUT2D eigenvalue weighted by Crippen LogP contribution is 2.46. The lowest BCUT2D eigenvalue weighted by atomic mass is 9.86. The van der Waals surface area contributed by atoms with Gasteiger partial charge in [-0.1, -0.05) is 133 Å². The molecule has 0 N–H and O–H groups in total. The fraction of sp³-hybridized carbons (Fsp3) is 0. The third kappa shape index (κ3) is 3.86. The molecule has 10 aromatic carbocycles. The molecular formula is C49H28N2. The van der Waals surface area contributed by atoms with Gasteiger partial charge in [-0.15, -0.1) is 0 Å². The van der Waals surface area contributed by atoms with Crippen LogP contribution in [-0.2, 0) is 0 Å². The Kier molecular flexibility index (Phi) is 5.77. The lowest BCUT2D eigenvalue weighted by Crippen LogP contribution is -1.93. The Morgan fingerprint density at radius 3 is 1.61 bits per heavy atom. The Bertz CT molecular complexity index is 3250. The lowest BCUT2D eigenvalue weighted by molar-refractivity contribution is 1.18. The van der Waals surface area contributed by atoms with Crippen LogP contribution >= 0.6 is 0 Å². The van der Waals surface area contributed by atoms with Crippen molar-refractivity contribution in [1.29, 1.82) is 5.26 Å². The fourth-order valence-electron chi connectivity index (χ4n) is 8.80. The summed E-state index contributed by atoms with van der Waals surface area (Å²) in [5.74, 6) is 0. The van der Waals surface area contributed by atoms with E-state index >= 15 is 0 Å². The molecule has 0 amide bonds. The highest BCUT2D eigenvalue weighted by molar-refractivity contribution is 6.28. The molecule has 0 saturated carbocycles. The lowest BCUT2D eigenvalue weighted by Gasteiger charge is -2.17. The molecule has 0 spiro atoms. The van der Waals surface area contributed by atoms with Gasteiger partial charge >= 0.3 is 0 Å². The monoisotopic (exact) mass is 644 g/mol. The van der Waals surface area contributed by atoms with Crippen LogP contribution in [0.2, 0.25) is 0 Å². The maximum Gasteiger partial charge on any atom is 0.0998 e. The summed E-state index contributed by atoms with van der Waals surface area (Å²) < 4.78 is 2.34. The first kappa shape index (κ1) is 27.9. The van der Waals surface area contributed by atoms with Crippen molar-refractivity contribution in [2.24, 2.45) is 0 Å². The summed E-state index contributed by atoms with van der Waals surface area (Å²) in [4.78, 5) is 0. The maximum absolute atomic E-state index is 10.1. The van der Waals surface area contributed by atoms with E-state index in [0.717, 1.165) is 27.5 Å². The van der Waals surface area contributed by atoms with Gasteiger partial charge in [-0.2, -0.15) is 5.26 Å². The van der Waals surface area contributed by atoms with E-state index in [4.69, 9.17) is 0 Å². The van der Waals surface area contributed by atoms with Crippen molar-refractivity contribution in [2.75, 3.05) is 0 Å². The second-order valence-electron chi connectivity index (χ2n) is 13.5. The fourth-order valence-corrected chi connectivity index (χ4v) is 8.80. The zero-order valence-electron chi connectivity index (χ0n) is 27.6. The summed E-state index contributed by atoms with van der Waals surface area (Å²) >= 11 is 0. The summed E-state index contributed by atoms with van der Waals surface area (Å²) in [6.45, 7) is 0. The van der Waals surface area contributed by atoms with Gasteiger partial charge in [0.15, 0.2) is 0 Å². The minimum atomic E-state index is 0.701. The van der Waals surface area contributed by atoms with Crippen molar-refractivity contribution in [3.05, 3.63) is 175 Å². The van der Waals surface area contributed by atoms with Crippen molar-refractivity contribution in [1.82, 2.24) is 4.57 Å². The Labute approximate surface area is 294 Å². The van der Waals surface area contributed by atoms with E-state index in [9.17, 15) is 5.26 Å². The van der Waals surface area contributed by atoms with Gasteiger partial charge in [-0.05, 0) is 107 Å². The first-order valence-electron chi connectivity index (χ1n) is 17.4. The number of nitrogens with zero attached hydrogens (tertiary/aromatic N) is 2. The van der Waals surface area contributed by atoms with Gasteiger partial charge in [0.2, 0.25) is 0 Å². The maximum atomic E-state index is 10.1. The molecule has 2 nitrogen and oxygen atoms in total. The summed E-state index contributed by atoms with van der Waals surface area (Å²) in [7, 11) is 0. The standard InChI is InChI=1S/C49H28N2/c50-29-31-19-26-46-48-34(31)21-24-43-40(25-27-47(49(43)48)51(46)32-11-2-1-3-12-32)39-22-23-42(36-15-7-6-14-35(36)39)45-28-44-33-13-5-4-10-30(33)18-20-41(44)37-16-8-9-17-38(37)45/h1-28H. The molecule has 11 aromatic rings. The van der Waals surface area contributed by atoms with Crippen LogP contribution in [0.25, 0.3) is 104 Å². The van der Waals surface area contributed by atoms with E-state index in [1.54, 1.807) is 0 Å². The van der Waals surface area contributed by atoms with Crippen molar-refractivity contribution in [3.63, 3.8) is 0 Å². The van der Waals surface area contributed by atoms with Gasteiger partial charge in [0.25, 0.3) is 0 Å². The average molecular weight is 645 g/mol. The van der Waals surface area contributed by atoms with E-state index in [1.165, 1.54) is 76.1 Å². The Balaban J connectivity index is 1.21. The summed E-state index contributed by atoms with van der Waals surface area (Å²) in [6.07, 6.45) is 0. The van der Waals surface area contributed by atoms with Crippen LogP contribution in [0.4, 0.5) is 0 Å². The Morgan fingerprint density at radius 1 is 0.353 bits per heavy atom. The smallest absolute Gasteiger partial charge is 0.0998 e. The quantitative estimate of drug-likeness (QED) is 0.176. The van der Waals surface area contributed by atoms with E-state index in [2.05, 4.69) is 174 Å². The van der Waals surface area contributed by atoms with Crippen molar-refractivity contribution < 1.29 is 0 Å². The van der Waals surface area contributed by atoms with Crippen LogP contribution in [0.1, 0.15) is 5.56 Å². The topological polar surface area (TPSA) is 28.7 Å². The number of fused-ring (bicyclic) bond motifs is 6. The molecule has 2 heteroatoms. The largest absolute Gasteiger partial charge is 0.309 e. The van der Waals surface area contributed by atoms with Crippen molar-refractivity contribution in [2.45, 2.75) is 0 Å². The molecular weight excluding hydrogens is 617 g/mol. The van der Waals surface area contributed by atoms with Gasteiger partial charge in [-0.3, -0.25) is 0 Å². The molecule has 0 bridgehead atoms. The predicted molar refractivity (Wildman–Crippen MR) is 215 cm³/mol. The minimum Gasteiger partial charge on any atom is -0.309 e. The van der Waals surface area contributed by atoms with Crippen LogP contribution < -0.4 is 0 Å². The van der Waals surface area contributed by atoms with Gasteiger partial charge in [-0.25, -0.2) is 0 Å². The van der Waals surface area contributed by atoms with E-state index in [1.807, 2.05) is 6.07 Å². The molecule has 0 aliphatic heterocycles. The van der Waals surface area contributed by atoms with E-state index in [-0.39, 0.29) is 0 Å². The summed E-state index contributed by atoms with van der Waals surface area (Å²) in [5.41, 5.74) is 8.94. The van der Waals surface area contributed by atoms with Crippen LogP contribution in [-0.4, -0.2) is 4.57 Å². The summed E-state index contributed by atoms with van der Waals surface area (Å²) in [6, 6.07) is 63.9. The molecule has 234 valence electrons. The van der Waals surface area contributed by atoms with Crippen molar-refractivity contribution >= 4 is 75.7 Å². The SMILES string of the molecule is N#Cc1ccc2c3c1ccc1c(-c4ccc(-c5cc6c7ccccc7ccc6c6ccccc56)c5ccccc45)ccc(c13)n2-c1ccccc1. The zero-order chi connectivity index (χ0) is 33.6. The molecule has 0 aliphatic rings. The normalized spacial score (nSPS) is 11.9. The van der Waals surface area contributed by atoms with Gasteiger partial charge in [0.1, 0.15) is 0 Å². The molecule has 51 heavy (non-hydrogen) atoms. The van der Waals surface area contributed by atoms with E-state index in [0.29, 0.717) is 5.56 Å². The zero-order valence-corrected chi connectivity index (χ0v) is 27.6. The first-order chi connectivity index (χ1) is 25.3. The van der Waals surface area contributed by atoms with Crippen LogP contribution in [0.5, 0.6) is 0 Å². The van der Waals surface area contributed by atoms with Crippen LogP contribution in [0, 0.1) is 11.3 Å². The minimum absolute atomic E-state index is 0.701. The molecule has 0 atom stereocenters. The molecule has 1 heterocycles. The number of hydrogen-bond acceptors (Lipinski definition) is 1. The molecule has 0 fully saturated rings. The third-order valence-electron chi connectivity index (χ3n) is 11.0. The molecule has 11 rings (SSSR count). The van der Waals surface area contributed by atoms with Gasteiger partial charge in [0, 0.05) is 21.8 Å². The average Bonchev–Trinajstić information content (AvgIpc) is 3.54. The van der Waals surface area contributed by atoms with Crippen LogP contribution in [0.3, 0.4) is 0 Å². The predicted octanol–water partition coefficient (Wildman–Crippen LogP) is 13.2. The second kappa shape index (κ2) is 10.5. The number of nitriles is 1. The highest BCUT2D eigenvalue weighted by Gasteiger charge is 2.22. The third-order valence-corrected chi connectivity index (χ3v) is 11.0. The first-order valence-corrected chi connectivity index (χ1v) is 17.4. The number of para-hydroxylation sites is 1. The van der Waals surface area contributed by atoms with Gasteiger partial charge < -0.3 is 4.57 Å².